The summed E-state index contributed by atoms with van der Waals surface area (Å²) in [5, 5.41) is 18.0. The molecule has 2 aromatic heterocycles. The van der Waals surface area contributed by atoms with Crippen molar-refractivity contribution in [1.29, 1.82) is 0 Å². The van der Waals surface area contributed by atoms with Crippen molar-refractivity contribution in [3.8, 4) is 11.4 Å². The fraction of sp³-hybridized carbons (Fsp3) is 0.423. The number of nitrogens with zero attached hydrogens (tertiary/aromatic N) is 5. The van der Waals surface area contributed by atoms with Crippen molar-refractivity contribution in [2.75, 3.05) is 26.3 Å². The van der Waals surface area contributed by atoms with Gasteiger partial charge < -0.3 is 19.4 Å². The van der Waals surface area contributed by atoms with Gasteiger partial charge in [-0.15, -0.1) is 10.2 Å². The molecule has 2 N–H and O–H groups in total. The van der Waals surface area contributed by atoms with E-state index in [0.717, 1.165) is 11.4 Å². The maximum Gasteiger partial charge on any atom is 0.418 e. The summed E-state index contributed by atoms with van der Waals surface area (Å²) in [6, 6.07) is 10.6. The summed E-state index contributed by atoms with van der Waals surface area (Å²) in [6.45, 7) is 2.50. The molecule has 4 aromatic rings. The largest absolute Gasteiger partial charge is 0.418 e. The van der Waals surface area contributed by atoms with Gasteiger partial charge in [0.05, 0.1) is 30.4 Å². The first kappa shape index (κ1) is 24.1. The van der Waals surface area contributed by atoms with Gasteiger partial charge in [0.2, 0.25) is 0 Å². The molecule has 194 valence electrons. The van der Waals surface area contributed by atoms with Gasteiger partial charge in [-0.3, -0.25) is 4.90 Å². The molecule has 0 radical (unpaired) electrons. The molecule has 0 aliphatic carbocycles. The average Bonchev–Trinajstić information content (AvgIpc) is 3.55. The molecule has 2 aliphatic heterocycles. The number of hydrogen-bond donors (Lipinski definition) is 2. The van der Waals surface area contributed by atoms with Gasteiger partial charge in [-0.1, -0.05) is 18.2 Å². The Morgan fingerprint density at radius 1 is 1.22 bits per heavy atom. The molecule has 6 rings (SSSR count). The van der Waals surface area contributed by atoms with Gasteiger partial charge in [-0.05, 0) is 35.7 Å². The van der Waals surface area contributed by atoms with E-state index >= 15 is 0 Å². The number of likely N-dealkylation sites (tertiary alicyclic amines) is 1. The van der Waals surface area contributed by atoms with Crippen LogP contribution in [0.2, 0.25) is 0 Å². The van der Waals surface area contributed by atoms with Crippen molar-refractivity contribution in [3.63, 3.8) is 0 Å². The number of aliphatic hydroxyl groups is 1. The van der Waals surface area contributed by atoms with Crippen molar-refractivity contribution in [2.24, 2.45) is 7.05 Å². The van der Waals surface area contributed by atoms with Crippen LogP contribution in [-0.4, -0.2) is 67.1 Å². The molecule has 0 unspecified atom stereocenters. The molecule has 11 heteroatoms. The van der Waals surface area contributed by atoms with Gasteiger partial charge in [0.15, 0.2) is 0 Å². The van der Waals surface area contributed by atoms with Crippen molar-refractivity contribution in [3.05, 3.63) is 65.2 Å². The van der Waals surface area contributed by atoms with Crippen LogP contribution in [0.1, 0.15) is 28.9 Å². The van der Waals surface area contributed by atoms with E-state index in [4.69, 9.17) is 4.74 Å². The van der Waals surface area contributed by atoms with Crippen LogP contribution in [-0.2, 0) is 36.3 Å². The molecule has 2 aromatic carbocycles. The Morgan fingerprint density at radius 2 is 2.05 bits per heavy atom. The SMILES string of the molecule is Cn1cnnc1CC1(c2cccc(-c3nc4c(C(F)(F)F)cc(CN5CC[C@H](O)C5)cc4[nH]3)c2)COC1. The van der Waals surface area contributed by atoms with Gasteiger partial charge in [0.25, 0.3) is 0 Å². The zero-order valence-corrected chi connectivity index (χ0v) is 20.3. The Bertz CT molecular complexity index is 1440. The third-order valence-corrected chi connectivity index (χ3v) is 7.41. The topological polar surface area (TPSA) is 92.1 Å². The van der Waals surface area contributed by atoms with Crippen LogP contribution in [0.4, 0.5) is 13.2 Å². The molecule has 2 fully saturated rings. The van der Waals surface area contributed by atoms with Crippen LogP contribution in [0.5, 0.6) is 0 Å². The van der Waals surface area contributed by atoms with Crippen LogP contribution >= 0.6 is 0 Å². The minimum Gasteiger partial charge on any atom is -0.392 e. The number of rotatable bonds is 6. The number of nitrogens with one attached hydrogen (secondary N) is 1. The number of aryl methyl sites for hydroxylation is 1. The second-order valence-corrected chi connectivity index (χ2v) is 10.2. The Morgan fingerprint density at radius 3 is 2.70 bits per heavy atom. The lowest BCUT2D eigenvalue weighted by molar-refractivity contribution is -0.136. The number of benzene rings is 2. The molecule has 2 saturated heterocycles. The van der Waals surface area contributed by atoms with Crippen molar-refractivity contribution in [1.82, 2.24) is 29.6 Å². The quantitative estimate of drug-likeness (QED) is 0.411. The number of H-pyrrole nitrogens is 1. The second kappa shape index (κ2) is 8.93. The van der Waals surface area contributed by atoms with Crippen LogP contribution in [0.25, 0.3) is 22.4 Å². The minimum atomic E-state index is -4.55. The van der Waals surface area contributed by atoms with Crippen LogP contribution in [0.3, 0.4) is 0 Å². The van der Waals surface area contributed by atoms with Gasteiger partial charge in [0, 0.05) is 44.1 Å². The van der Waals surface area contributed by atoms with E-state index in [-0.39, 0.29) is 10.9 Å². The van der Waals surface area contributed by atoms with E-state index in [2.05, 4.69) is 20.2 Å². The van der Waals surface area contributed by atoms with Gasteiger partial charge in [0.1, 0.15) is 23.5 Å². The van der Waals surface area contributed by atoms with Crippen molar-refractivity contribution in [2.45, 2.75) is 37.1 Å². The number of aromatic nitrogens is 5. The lowest BCUT2D eigenvalue weighted by Gasteiger charge is -2.41. The highest BCUT2D eigenvalue weighted by Crippen LogP contribution is 2.39. The highest BCUT2D eigenvalue weighted by molar-refractivity contribution is 5.84. The first-order chi connectivity index (χ1) is 17.7. The number of aliphatic hydroxyl groups excluding tert-OH is 1. The first-order valence-electron chi connectivity index (χ1n) is 12.2. The van der Waals surface area contributed by atoms with E-state index in [0.29, 0.717) is 68.2 Å². The summed E-state index contributed by atoms with van der Waals surface area (Å²) in [7, 11) is 1.89. The van der Waals surface area contributed by atoms with Crippen LogP contribution in [0.15, 0.2) is 42.7 Å². The van der Waals surface area contributed by atoms with Crippen LogP contribution in [0, 0.1) is 0 Å². The number of fused-ring (bicyclic) bond motifs is 1. The van der Waals surface area contributed by atoms with Crippen molar-refractivity contribution >= 4 is 11.0 Å². The van der Waals surface area contributed by atoms with E-state index in [1.165, 1.54) is 6.07 Å². The number of ether oxygens (including phenoxy) is 1. The summed E-state index contributed by atoms with van der Waals surface area (Å²) in [5.74, 6) is 1.22. The fourth-order valence-corrected chi connectivity index (χ4v) is 5.32. The molecule has 0 saturated carbocycles. The third-order valence-electron chi connectivity index (χ3n) is 7.41. The van der Waals surface area contributed by atoms with E-state index < -0.39 is 17.8 Å². The van der Waals surface area contributed by atoms with Gasteiger partial charge >= 0.3 is 6.18 Å². The maximum atomic E-state index is 14.0. The molecular formula is C26H27F3N6O2. The standard InChI is InChI=1S/C26H27F3N6O2/c1-34-15-30-33-22(34)10-25(13-37-14-25)18-4-2-3-17(9-18)24-31-21-8-16(11-35-6-5-19(36)12-35)7-20(23(21)32-24)26(27,28)29/h2-4,7-9,15,19,36H,5-6,10-14H2,1H3,(H,31,32)/t19-/m0/s1. The molecule has 1 atom stereocenters. The maximum absolute atomic E-state index is 14.0. The molecule has 0 spiro atoms. The monoisotopic (exact) mass is 512 g/mol. The molecule has 0 bridgehead atoms. The number of β-amino-alcohol motifs (C(OH)–C–C–N with tert-alkyl or cyclic N) is 1. The van der Waals surface area contributed by atoms with Gasteiger partial charge in [-0.25, -0.2) is 4.98 Å². The Kier molecular flexibility index (Phi) is 5.81. The predicted octanol–water partition coefficient (Wildman–Crippen LogP) is 3.45. The van der Waals surface area contributed by atoms with E-state index in [1.807, 2.05) is 40.8 Å². The highest BCUT2D eigenvalue weighted by Gasteiger charge is 2.42. The molecule has 37 heavy (non-hydrogen) atoms. The Balaban J connectivity index is 1.36. The molecule has 2 aliphatic rings. The summed E-state index contributed by atoms with van der Waals surface area (Å²) in [5.41, 5.74) is 1.45. The van der Waals surface area contributed by atoms with Crippen LogP contribution < -0.4 is 0 Å². The van der Waals surface area contributed by atoms with Gasteiger partial charge in [-0.2, -0.15) is 13.2 Å². The molecule has 4 heterocycles. The zero-order valence-electron chi connectivity index (χ0n) is 20.3. The number of hydrogen-bond acceptors (Lipinski definition) is 6. The molecule has 8 nitrogen and oxygen atoms in total. The lowest BCUT2D eigenvalue weighted by atomic mass is 9.75. The third kappa shape index (κ3) is 4.51. The Labute approximate surface area is 211 Å². The number of halogens is 3. The lowest BCUT2D eigenvalue weighted by Crippen LogP contribution is -2.49. The summed E-state index contributed by atoms with van der Waals surface area (Å²) in [6.07, 6.45) is -2.06. The number of aromatic amines is 1. The molecule has 0 amide bonds. The average molecular weight is 513 g/mol. The highest BCUT2D eigenvalue weighted by atomic mass is 19.4. The first-order valence-corrected chi connectivity index (χ1v) is 12.2. The number of imidazole rings is 1. The summed E-state index contributed by atoms with van der Waals surface area (Å²) >= 11 is 0. The minimum absolute atomic E-state index is 0.0983. The fourth-order valence-electron chi connectivity index (χ4n) is 5.32. The number of alkyl halides is 3. The smallest absolute Gasteiger partial charge is 0.392 e. The Hall–Kier alpha value is -3.28. The van der Waals surface area contributed by atoms with E-state index in [1.54, 1.807) is 12.4 Å². The normalized spacial score (nSPS) is 20.0. The second-order valence-electron chi connectivity index (χ2n) is 10.2. The van der Waals surface area contributed by atoms with Crippen molar-refractivity contribution < 1.29 is 23.0 Å². The summed E-state index contributed by atoms with van der Waals surface area (Å²) < 4.78 is 49.6. The predicted molar refractivity (Wildman–Crippen MR) is 130 cm³/mol. The zero-order chi connectivity index (χ0) is 25.8. The van der Waals surface area contributed by atoms with E-state index in [9.17, 15) is 18.3 Å². The molecular weight excluding hydrogens is 485 g/mol. The summed E-state index contributed by atoms with van der Waals surface area (Å²) in [4.78, 5) is 9.50.